The summed E-state index contributed by atoms with van der Waals surface area (Å²) in [5.41, 5.74) is 2.43. The first kappa shape index (κ1) is 15.0. The summed E-state index contributed by atoms with van der Waals surface area (Å²) in [6.07, 6.45) is 3.76. The van der Waals surface area contributed by atoms with E-state index < -0.39 is 0 Å². The van der Waals surface area contributed by atoms with Crippen LogP contribution in [0.15, 0.2) is 24.3 Å². The van der Waals surface area contributed by atoms with Crippen molar-refractivity contribution in [3.8, 4) is 0 Å². The molecule has 0 spiro atoms. The number of hydrogen-bond donors (Lipinski definition) is 2. The monoisotopic (exact) mass is 274 g/mol. The Kier molecular flexibility index (Phi) is 5.18. The quantitative estimate of drug-likeness (QED) is 0.866. The first-order chi connectivity index (χ1) is 9.66. The summed E-state index contributed by atoms with van der Waals surface area (Å²) in [6, 6.07) is 8.49. The molecule has 1 fully saturated rings. The number of nitrogens with one attached hydrogen (secondary N) is 2. The number of carbonyl (C=O) groups excluding carboxylic acids is 1. The predicted molar refractivity (Wildman–Crippen MR) is 82.7 cm³/mol. The Hall–Kier alpha value is -1.35. The Bertz CT molecular complexity index is 450. The smallest absolute Gasteiger partial charge is 0.226 e. The Labute approximate surface area is 122 Å². The summed E-state index contributed by atoms with van der Waals surface area (Å²) in [4.78, 5) is 12.5. The third-order valence-corrected chi connectivity index (χ3v) is 4.50. The molecule has 20 heavy (non-hydrogen) atoms. The Morgan fingerprint density at radius 2 is 2.10 bits per heavy atom. The molecule has 1 aromatic carbocycles. The van der Waals surface area contributed by atoms with Crippen LogP contribution in [0.25, 0.3) is 0 Å². The van der Waals surface area contributed by atoms with Crippen LogP contribution in [0.1, 0.15) is 37.3 Å². The molecule has 0 saturated carbocycles. The van der Waals surface area contributed by atoms with Gasteiger partial charge in [-0.15, -0.1) is 0 Å². The largest absolute Gasteiger partial charge is 0.355 e. The van der Waals surface area contributed by atoms with Crippen LogP contribution in [0.3, 0.4) is 0 Å². The number of carbonyl (C=O) groups is 1. The van der Waals surface area contributed by atoms with E-state index >= 15 is 0 Å². The second kappa shape index (κ2) is 6.89. The molecule has 0 atom stereocenters. The highest BCUT2D eigenvalue weighted by atomic mass is 16.2. The molecule has 0 unspecified atom stereocenters. The molecule has 1 aliphatic rings. The predicted octanol–water partition coefficient (Wildman–Crippen LogP) is 2.43. The van der Waals surface area contributed by atoms with Crippen molar-refractivity contribution in [3.05, 3.63) is 35.4 Å². The van der Waals surface area contributed by atoms with E-state index in [9.17, 15) is 4.79 Å². The summed E-state index contributed by atoms with van der Waals surface area (Å²) in [6.45, 7) is 6.88. The fourth-order valence-electron chi connectivity index (χ4n) is 3.02. The fraction of sp³-hybridized carbons (Fsp3) is 0.588. The number of benzene rings is 1. The van der Waals surface area contributed by atoms with Crippen LogP contribution in [0.4, 0.5) is 0 Å². The number of amides is 1. The van der Waals surface area contributed by atoms with Gasteiger partial charge in [0, 0.05) is 6.54 Å². The van der Waals surface area contributed by atoms with E-state index in [0.717, 1.165) is 45.3 Å². The zero-order valence-electron chi connectivity index (χ0n) is 12.7. The Morgan fingerprint density at radius 3 is 2.75 bits per heavy atom. The second-order valence-corrected chi connectivity index (χ2v) is 5.88. The van der Waals surface area contributed by atoms with Crippen molar-refractivity contribution >= 4 is 5.91 Å². The molecular weight excluding hydrogens is 248 g/mol. The second-order valence-electron chi connectivity index (χ2n) is 5.88. The van der Waals surface area contributed by atoms with E-state index in [-0.39, 0.29) is 11.3 Å². The van der Waals surface area contributed by atoms with Gasteiger partial charge in [0.25, 0.3) is 0 Å². The molecule has 1 amide bonds. The van der Waals surface area contributed by atoms with Crippen LogP contribution < -0.4 is 10.6 Å². The van der Waals surface area contributed by atoms with Gasteiger partial charge in [-0.05, 0) is 51.3 Å². The van der Waals surface area contributed by atoms with E-state index in [1.54, 1.807) is 0 Å². The van der Waals surface area contributed by atoms with E-state index in [1.165, 1.54) is 11.1 Å². The zero-order valence-corrected chi connectivity index (χ0v) is 12.7. The van der Waals surface area contributed by atoms with E-state index in [1.807, 2.05) is 0 Å². The van der Waals surface area contributed by atoms with Crippen LogP contribution in [-0.2, 0) is 11.2 Å². The lowest BCUT2D eigenvalue weighted by molar-refractivity contribution is -0.132. The van der Waals surface area contributed by atoms with Crippen molar-refractivity contribution in [1.82, 2.24) is 10.6 Å². The molecule has 0 bridgehead atoms. The topological polar surface area (TPSA) is 41.1 Å². The zero-order chi connectivity index (χ0) is 14.4. The summed E-state index contributed by atoms with van der Waals surface area (Å²) in [5.74, 6) is 0.245. The lowest BCUT2D eigenvalue weighted by Gasteiger charge is -2.35. The maximum Gasteiger partial charge on any atom is 0.226 e. The van der Waals surface area contributed by atoms with Gasteiger partial charge >= 0.3 is 0 Å². The van der Waals surface area contributed by atoms with E-state index in [2.05, 4.69) is 48.7 Å². The van der Waals surface area contributed by atoms with Crippen molar-refractivity contribution < 1.29 is 4.79 Å². The average Bonchev–Trinajstić information content (AvgIpc) is 2.48. The van der Waals surface area contributed by atoms with Crippen molar-refractivity contribution in [3.63, 3.8) is 0 Å². The minimum atomic E-state index is -0.141. The SMILES string of the molecule is CCC1(C(=O)NCCc2cccc(C)c2)CCNCC1. The molecular formula is C17H26N2O. The lowest BCUT2D eigenvalue weighted by Crippen LogP contribution is -2.47. The number of aryl methyl sites for hydroxylation is 1. The molecule has 2 N–H and O–H groups in total. The van der Waals surface area contributed by atoms with Gasteiger partial charge in [0.1, 0.15) is 0 Å². The van der Waals surface area contributed by atoms with E-state index in [0.29, 0.717) is 0 Å². The van der Waals surface area contributed by atoms with Gasteiger partial charge in [-0.25, -0.2) is 0 Å². The van der Waals surface area contributed by atoms with E-state index in [4.69, 9.17) is 0 Å². The van der Waals surface area contributed by atoms with Crippen LogP contribution in [0.5, 0.6) is 0 Å². The minimum absolute atomic E-state index is 0.141. The summed E-state index contributed by atoms with van der Waals surface area (Å²) in [7, 11) is 0. The summed E-state index contributed by atoms with van der Waals surface area (Å²) >= 11 is 0. The van der Waals surface area contributed by atoms with Gasteiger partial charge in [0.2, 0.25) is 5.91 Å². The molecule has 3 nitrogen and oxygen atoms in total. The first-order valence-corrected chi connectivity index (χ1v) is 7.71. The molecule has 2 rings (SSSR count). The molecule has 0 radical (unpaired) electrons. The maximum absolute atomic E-state index is 12.5. The highest BCUT2D eigenvalue weighted by molar-refractivity contribution is 5.82. The fourth-order valence-corrected chi connectivity index (χ4v) is 3.02. The maximum atomic E-state index is 12.5. The molecule has 1 heterocycles. The molecule has 3 heteroatoms. The van der Waals surface area contributed by atoms with Gasteiger partial charge in [-0.2, -0.15) is 0 Å². The summed E-state index contributed by atoms with van der Waals surface area (Å²) < 4.78 is 0. The highest BCUT2D eigenvalue weighted by Crippen LogP contribution is 2.32. The van der Waals surface area contributed by atoms with Crippen molar-refractivity contribution in [2.45, 2.75) is 39.5 Å². The minimum Gasteiger partial charge on any atom is -0.355 e. The molecule has 110 valence electrons. The van der Waals surface area contributed by atoms with Crippen molar-refractivity contribution in [2.24, 2.45) is 5.41 Å². The van der Waals surface area contributed by atoms with Gasteiger partial charge in [-0.1, -0.05) is 36.8 Å². The normalized spacial score (nSPS) is 17.7. The Balaban J connectivity index is 1.85. The van der Waals surface area contributed by atoms with Gasteiger partial charge in [0.15, 0.2) is 0 Å². The van der Waals surface area contributed by atoms with Gasteiger partial charge < -0.3 is 10.6 Å². The molecule has 1 aromatic rings. The molecule has 0 aliphatic carbocycles. The molecule has 0 aromatic heterocycles. The third-order valence-electron chi connectivity index (χ3n) is 4.50. The summed E-state index contributed by atoms with van der Waals surface area (Å²) in [5, 5.41) is 6.48. The number of piperidine rings is 1. The highest BCUT2D eigenvalue weighted by Gasteiger charge is 2.37. The van der Waals surface area contributed by atoms with Gasteiger partial charge in [0.05, 0.1) is 5.41 Å². The number of rotatable bonds is 5. The standard InChI is InChI=1S/C17H26N2O/c1-3-17(8-11-18-12-9-17)16(20)19-10-7-15-6-4-5-14(2)13-15/h4-6,13,18H,3,7-12H2,1-2H3,(H,19,20). The first-order valence-electron chi connectivity index (χ1n) is 7.71. The van der Waals surface area contributed by atoms with Crippen LogP contribution >= 0.6 is 0 Å². The van der Waals surface area contributed by atoms with Gasteiger partial charge in [-0.3, -0.25) is 4.79 Å². The third kappa shape index (κ3) is 3.60. The van der Waals surface area contributed by atoms with Crippen molar-refractivity contribution in [1.29, 1.82) is 0 Å². The van der Waals surface area contributed by atoms with Crippen LogP contribution in [0, 0.1) is 12.3 Å². The van der Waals surface area contributed by atoms with Crippen LogP contribution in [-0.4, -0.2) is 25.5 Å². The molecule has 1 saturated heterocycles. The number of hydrogen-bond acceptors (Lipinski definition) is 2. The Morgan fingerprint density at radius 1 is 1.35 bits per heavy atom. The average molecular weight is 274 g/mol. The molecule has 1 aliphatic heterocycles. The lowest BCUT2D eigenvalue weighted by atomic mass is 9.76. The van der Waals surface area contributed by atoms with Crippen LogP contribution in [0.2, 0.25) is 0 Å². The van der Waals surface area contributed by atoms with Crippen molar-refractivity contribution in [2.75, 3.05) is 19.6 Å².